The maximum Gasteiger partial charge on any atom is 0.129 e. The SMILES string of the molecule is CC(C)c1cccc(OCc2ccc(Cl)nc2)c1. The molecule has 0 aliphatic carbocycles. The van der Waals surface area contributed by atoms with Gasteiger partial charge in [-0.3, -0.25) is 0 Å². The van der Waals surface area contributed by atoms with E-state index in [1.165, 1.54) is 5.56 Å². The molecular formula is C15H16ClNO. The third kappa shape index (κ3) is 3.47. The molecule has 2 aromatic rings. The lowest BCUT2D eigenvalue weighted by atomic mass is 10.0. The Balaban J connectivity index is 2.01. The molecule has 0 unspecified atom stereocenters. The van der Waals surface area contributed by atoms with Crippen LogP contribution >= 0.6 is 11.6 Å². The average Bonchev–Trinajstić information content (AvgIpc) is 2.38. The highest BCUT2D eigenvalue weighted by Crippen LogP contribution is 2.21. The van der Waals surface area contributed by atoms with Crippen molar-refractivity contribution < 1.29 is 4.74 Å². The predicted octanol–water partition coefficient (Wildman–Crippen LogP) is 4.44. The van der Waals surface area contributed by atoms with E-state index in [0.717, 1.165) is 11.3 Å². The van der Waals surface area contributed by atoms with Crippen LogP contribution in [0.5, 0.6) is 5.75 Å². The van der Waals surface area contributed by atoms with E-state index in [-0.39, 0.29) is 0 Å². The van der Waals surface area contributed by atoms with E-state index in [1.807, 2.05) is 18.2 Å². The van der Waals surface area contributed by atoms with E-state index in [9.17, 15) is 0 Å². The van der Waals surface area contributed by atoms with Gasteiger partial charge in [-0.15, -0.1) is 0 Å². The van der Waals surface area contributed by atoms with Crippen LogP contribution in [0.1, 0.15) is 30.9 Å². The Morgan fingerprint density at radius 3 is 2.72 bits per heavy atom. The topological polar surface area (TPSA) is 22.1 Å². The molecule has 3 heteroatoms. The zero-order valence-electron chi connectivity index (χ0n) is 10.6. The Morgan fingerprint density at radius 2 is 2.06 bits per heavy atom. The summed E-state index contributed by atoms with van der Waals surface area (Å²) in [6.45, 7) is 4.84. The Hall–Kier alpha value is -1.54. The van der Waals surface area contributed by atoms with Crippen LogP contribution in [0.4, 0.5) is 0 Å². The molecule has 0 bridgehead atoms. The number of rotatable bonds is 4. The van der Waals surface area contributed by atoms with Crippen LogP contribution in [-0.2, 0) is 6.61 Å². The van der Waals surface area contributed by atoms with Crippen molar-refractivity contribution in [3.63, 3.8) is 0 Å². The van der Waals surface area contributed by atoms with Crippen molar-refractivity contribution in [2.75, 3.05) is 0 Å². The van der Waals surface area contributed by atoms with Crippen LogP contribution in [0.15, 0.2) is 42.6 Å². The van der Waals surface area contributed by atoms with Crippen LogP contribution in [0.2, 0.25) is 5.15 Å². The molecule has 0 saturated carbocycles. The molecule has 0 aliphatic rings. The molecule has 0 N–H and O–H groups in total. The first-order valence-electron chi connectivity index (χ1n) is 5.98. The Labute approximate surface area is 113 Å². The van der Waals surface area contributed by atoms with Gasteiger partial charge in [0.15, 0.2) is 0 Å². The van der Waals surface area contributed by atoms with Crippen LogP contribution in [0.25, 0.3) is 0 Å². The van der Waals surface area contributed by atoms with Gasteiger partial charge in [-0.1, -0.05) is 43.6 Å². The number of hydrogen-bond acceptors (Lipinski definition) is 2. The number of halogens is 1. The van der Waals surface area contributed by atoms with Gasteiger partial charge in [0, 0.05) is 11.8 Å². The molecule has 1 aromatic carbocycles. The first kappa shape index (κ1) is 12.9. The van der Waals surface area contributed by atoms with Crippen molar-refractivity contribution in [1.29, 1.82) is 0 Å². The Morgan fingerprint density at radius 1 is 1.22 bits per heavy atom. The van der Waals surface area contributed by atoms with Crippen LogP contribution in [0.3, 0.4) is 0 Å². The molecule has 0 radical (unpaired) electrons. The first-order valence-corrected chi connectivity index (χ1v) is 6.36. The summed E-state index contributed by atoms with van der Waals surface area (Å²) in [7, 11) is 0. The van der Waals surface area contributed by atoms with Crippen molar-refractivity contribution in [1.82, 2.24) is 4.98 Å². The zero-order valence-corrected chi connectivity index (χ0v) is 11.3. The number of hydrogen-bond donors (Lipinski definition) is 0. The smallest absolute Gasteiger partial charge is 0.129 e. The van der Waals surface area contributed by atoms with E-state index >= 15 is 0 Å². The summed E-state index contributed by atoms with van der Waals surface area (Å²) in [6.07, 6.45) is 1.73. The van der Waals surface area contributed by atoms with Gasteiger partial charge in [-0.2, -0.15) is 0 Å². The monoisotopic (exact) mass is 261 g/mol. The Kier molecular flexibility index (Phi) is 4.21. The molecular weight excluding hydrogens is 246 g/mol. The van der Waals surface area contributed by atoms with Gasteiger partial charge >= 0.3 is 0 Å². The van der Waals surface area contributed by atoms with E-state index in [0.29, 0.717) is 17.7 Å². The molecule has 0 atom stereocenters. The van der Waals surface area contributed by atoms with Crippen molar-refractivity contribution in [3.8, 4) is 5.75 Å². The predicted molar refractivity (Wildman–Crippen MR) is 74.1 cm³/mol. The number of pyridine rings is 1. The van der Waals surface area contributed by atoms with E-state index in [2.05, 4.69) is 31.0 Å². The van der Waals surface area contributed by atoms with E-state index < -0.39 is 0 Å². The average molecular weight is 262 g/mol. The number of aromatic nitrogens is 1. The number of ether oxygens (including phenoxy) is 1. The van der Waals surface area contributed by atoms with Gasteiger partial charge < -0.3 is 4.74 Å². The fourth-order valence-corrected chi connectivity index (χ4v) is 1.73. The summed E-state index contributed by atoms with van der Waals surface area (Å²) < 4.78 is 5.74. The molecule has 0 fully saturated rings. The van der Waals surface area contributed by atoms with Crippen molar-refractivity contribution in [2.45, 2.75) is 26.4 Å². The lowest BCUT2D eigenvalue weighted by Crippen LogP contribution is -1.97. The summed E-state index contributed by atoms with van der Waals surface area (Å²) in [4.78, 5) is 4.02. The minimum Gasteiger partial charge on any atom is -0.489 e. The maximum absolute atomic E-state index is 5.74. The highest BCUT2D eigenvalue weighted by molar-refractivity contribution is 6.29. The molecule has 0 aliphatic heterocycles. The normalized spacial score (nSPS) is 10.7. The van der Waals surface area contributed by atoms with Gasteiger partial charge in [0.25, 0.3) is 0 Å². The number of nitrogens with zero attached hydrogens (tertiary/aromatic N) is 1. The maximum atomic E-state index is 5.74. The van der Waals surface area contributed by atoms with E-state index in [1.54, 1.807) is 12.3 Å². The van der Waals surface area contributed by atoms with Crippen molar-refractivity contribution >= 4 is 11.6 Å². The second-order valence-corrected chi connectivity index (χ2v) is 4.89. The standard InChI is InChI=1S/C15H16ClNO/c1-11(2)13-4-3-5-14(8-13)18-10-12-6-7-15(16)17-9-12/h3-9,11H,10H2,1-2H3. The molecule has 2 nitrogen and oxygen atoms in total. The highest BCUT2D eigenvalue weighted by Gasteiger charge is 2.01. The second kappa shape index (κ2) is 5.87. The van der Waals surface area contributed by atoms with E-state index in [4.69, 9.17) is 16.3 Å². The molecule has 2 rings (SSSR count). The molecule has 0 spiro atoms. The Bertz CT molecular complexity index is 508. The molecule has 0 amide bonds. The summed E-state index contributed by atoms with van der Waals surface area (Å²) in [6, 6.07) is 11.9. The van der Waals surface area contributed by atoms with Gasteiger partial charge in [-0.05, 0) is 29.7 Å². The fourth-order valence-electron chi connectivity index (χ4n) is 1.62. The molecule has 94 valence electrons. The summed E-state index contributed by atoms with van der Waals surface area (Å²) >= 11 is 5.73. The third-order valence-electron chi connectivity index (χ3n) is 2.72. The lowest BCUT2D eigenvalue weighted by Gasteiger charge is -2.09. The lowest BCUT2D eigenvalue weighted by molar-refractivity contribution is 0.305. The van der Waals surface area contributed by atoms with Crippen LogP contribution < -0.4 is 4.74 Å². The summed E-state index contributed by atoms with van der Waals surface area (Å²) in [5.74, 6) is 1.39. The molecule has 18 heavy (non-hydrogen) atoms. The van der Waals surface area contributed by atoms with Crippen LogP contribution in [0, 0.1) is 0 Å². The van der Waals surface area contributed by atoms with Crippen molar-refractivity contribution in [3.05, 3.63) is 58.9 Å². The quantitative estimate of drug-likeness (QED) is 0.759. The summed E-state index contributed by atoms with van der Waals surface area (Å²) in [5.41, 5.74) is 2.29. The van der Waals surface area contributed by atoms with Gasteiger partial charge in [0.05, 0.1) is 0 Å². The minimum absolute atomic E-state index is 0.501. The first-order chi connectivity index (χ1) is 8.65. The van der Waals surface area contributed by atoms with Gasteiger partial charge in [0.1, 0.15) is 17.5 Å². The zero-order chi connectivity index (χ0) is 13.0. The van der Waals surface area contributed by atoms with Gasteiger partial charge in [0.2, 0.25) is 0 Å². The fraction of sp³-hybridized carbons (Fsp3) is 0.267. The highest BCUT2D eigenvalue weighted by atomic mass is 35.5. The molecule has 1 aromatic heterocycles. The molecule has 0 saturated heterocycles. The summed E-state index contributed by atoms with van der Waals surface area (Å²) in [5, 5.41) is 0.501. The molecule has 1 heterocycles. The number of benzene rings is 1. The second-order valence-electron chi connectivity index (χ2n) is 4.51. The van der Waals surface area contributed by atoms with Crippen molar-refractivity contribution in [2.24, 2.45) is 0 Å². The van der Waals surface area contributed by atoms with Gasteiger partial charge in [-0.25, -0.2) is 4.98 Å². The third-order valence-corrected chi connectivity index (χ3v) is 2.94. The minimum atomic E-state index is 0.501. The van der Waals surface area contributed by atoms with Crippen LogP contribution in [-0.4, -0.2) is 4.98 Å². The largest absolute Gasteiger partial charge is 0.489 e.